The van der Waals surface area contributed by atoms with E-state index >= 15 is 0 Å². The Morgan fingerprint density at radius 2 is 1.59 bits per heavy atom. The van der Waals surface area contributed by atoms with Crippen molar-refractivity contribution in [2.75, 3.05) is 11.9 Å². The number of halogens is 1. The highest BCUT2D eigenvalue weighted by atomic mass is 19.1. The number of nitrogens with zero attached hydrogens (tertiary/aromatic N) is 2. The van der Waals surface area contributed by atoms with Crippen LogP contribution in [0.2, 0.25) is 0 Å². The highest BCUT2D eigenvalue weighted by Gasteiger charge is 2.30. The van der Waals surface area contributed by atoms with E-state index in [0.717, 1.165) is 11.1 Å². The molecule has 0 spiro atoms. The quantitative estimate of drug-likeness (QED) is 0.142. The summed E-state index contributed by atoms with van der Waals surface area (Å²) in [5, 5.41) is 28.1. The number of benzene rings is 3. The molecule has 4 N–H and O–H groups in total. The van der Waals surface area contributed by atoms with Crippen LogP contribution >= 0.6 is 0 Å². The molecule has 0 unspecified atom stereocenters. The number of allylic oxidation sites excluding steroid dienone is 1. The van der Waals surface area contributed by atoms with E-state index < -0.39 is 47.6 Å². The van der Waals surface area contributed by atoms with E-state index in [2.05, 4.69) is 16.0 Å². The van der Waals surface area contributed by atoms with Gasteiger partial charge in [0.1, 0.15) is 29.5 Å². The lowest BCUT2D eigenvalue weighted by atomic mass is 10.0. The highest BCUT2D eigenvalue weighted by Crippen LogP contribution is 2.19. The predicted octanol–water partition coefficient (Wildman–Crippen LogP) is 4.05. The van der Waals surface area contributed by atoms with E-state index in [1.54, 1.807) is 43.5 Å². The summed E-state index contributed by atoms with van der Waals surface area (Å²) in [5.41, 5.74) is 3.60. The molecule has 0 aliphatic rings. The smallest absolute Gasteiger partial charge is 0.268 e. The van der Waals surface area contributed by atoms with Crippen LogP contribution in [0.15, 0.2) is 84.4 Å². The number of nitrogens with one attached hydrogen (secondary N) is 3. The summed E-state index contributed by atoms with van der Waals surface area (Å²) < 4.78 is 13.6. The molecule has 258 valence electrons. The number of nitriles is 1. The molecule has 3 rings (SSSR count). The van der Waals surface area contributed by atoms with Crippen molar-refractivity contribution in [1.82, 2.24) is 16.0 Å². The van der Waals surface area contributed by atoms with Gasteiger partial charge < -0.3 is 26.0 Å². The van der Waals surface area contributed by atoms with Gasteiger partial charge in [0.2, 0.25) is 17.7 Å². The van der Waals surface area contributed by atoms with E-state index in [1.165, 1.54) is 30.0 Å². The number of aliphatic hydroxyl groups is 1. The second-order valence-electron chi connectivity index (χ2n) is 12.4. The van der Waals surface area contributed by atoms with Crippen LogP contribution in [0.3, 0.4) is 0 Å². The average molecular weight is 670 g/mol. The molecule has 0 aliphatic heterocycles. The molecule has 0 fully saturated rings. The van der Waals surface area contributed by atoms with Gasteiger partial charge >= 0.3 is 0 Å². The van der Waals surface area contributed by atoms with Crippen molar-refractivity contribution < 1.29 is 28.7 Å². The first-order chi connectivity index (χ1) is 23.3. The van der Waals surface area contributed by atoms with E-state index in [1.807, 2.05) is 51.1 Å². The SMILES string of the molecule is Cc1ccc(CNC(=O)[C@H](Cc2cccc(N(C)C(=O)C(C#N)=CC(C)C)c2)NC(=O)[C@@H](NC(=O)CCc2cccc(F)c2)[C@@H](C)O)cc1. The maximum atomic E-state index is 13.6. The average Bonchev–Trinajstić information content (AvgIpc) is 3.07. The van der Waals surface area contributed by atoms with Crippen molar-refractivity contribution in [1.29, 1.82) is 5.26 Å². The maximum absolute atomic E-state index is 13.6. The molecular formula is C38H44FN5O5. The molecule has 0 aliphatic carbocycles. The summed E-state index contributed by atoms with van der Waals surface area (Å²) in [6, 6.07) is 19.7. The van der Waals surface area contributed by atoms with Gasteiger partial charge in [-0.05, 0) is 67.1 Å². The lowest BCUT2D eigenvalue weighted by molar-refractivity contribution is -0.134. The van der Waals surface area contributed by atoms with Crippen LogP contribution in [-0.4, -0.2) is 54.0 Å². The van der Waals surface area contributed by atoms with Crippen LogP contribution in [0.5, 0.6) is 0 Å². The van der Waals surface area contributed by atoms with Gasteiger partial charge in [0, 0.05) is 32.1 Å². The molecule has 11 heteroatoms. The number of aryl methyl sites for hydroxylation is 2. The van der Waals surface area contributed by atoms with E-state index in [9.17, 15) is 33.9 Å². The summed E-state index contributed by atoms with van der Waals surface area (Å²) in [6.07, 6.45) is 0.461. The third-order valence-electron chi connectivity index (χ3n) is 7.72. The molecule has 4 amide bonds. The summed E-state index contributed by atoms with van der Waals surface area (Å²) in [4.78, 5) is 54.2. The first-order valence-electron chi connectivity index (χ1n) is 16.1. The number of carbonyl (C=O) groups is 4. The Morgan fingerprint density at radius 1 is 0.918 bits per heavy atom. The lowest BCUT2D eigenvalue weighted by Gasteiger charge is -2.25. The van der Waals surface area contributed by atoms with Gasteiger partial charge in [0.15, 0.2) is 0 Å². The number of rotatable bonds is 15. The van der Waals surface area contributed by atoms with Crippen LogP contribution in [-0.2, 0) is 38.6 Å². The van der Waals surface area contributed by atoms with Crippen molar-refractivity contribution in [2.24, 2.45) is 5.92 Å². The molecular weight excluding hydrogens is 625 g/mol. The number of hydrogen-bond donors (Lipinski definition) is 4. The van der Waals surface area contributed by atoms with Crippen molar-refractivity contribution >= 4 is 29.3 Å². The molecule has 10 nitrogen and oxygen atoms in total. The minimum Gasteiger partial charge on any atom is -0.391 e. The molecule has 0 saturated carbocycles. The van der Waals surface area contributed by atoms with E-state index in [0.29, 0.717) is 16.8 Å². The number of anilines is 1. The monoisotopic (exact) mass is 669 g/mol. The highest BCUT2D eigenvalue weighted by molar-refractivity contribution is 6.08. The van der Waals surface area contributed by atoms with Gasteiger partial charge in [-0.25, -0.2) is 4.39 Å². The predicted molar refractivity (Wildman–Crippen MR) is 185 cm³/mol. The Labute approximate surface area is 287 Å². The van der Waals surface area contributed by atoms with Crippen molar-refractivity contribution in [3.63, 3.8) is 0 Å². The molecule has 3 atom stereocenters. The fourth-order valence-electron chi connectivity index (χ4n) is 5.01. The number of carbonyl (C=O) groups excluding carboxylic acids is 4. The van der Waals surface area contributed by atoms with Gasteiger partial charge in [0.25, 0.3) is 5.91 Å². The largest absolute Gasteiger partial charge is 0.391 e. The van der Waals surface area contributed by atoms with Crippen molar-refractivity contribution in [3.8, 4) is 6.07 Å². The first-order valence-corrected chi connectivity index (χ1v) is 16.1. The fraction of sp³-hybridized carbons (Fsp3) is 0.342. The Bertz CT molecular complexity index is 1700. The molecule has 0 aromatic heterocycles. The number of hydrogen-bond acceptors (Lipinski definition) is 6. The Hall–Kier alpha value is -5.34. The van der Waals surface area contributed by atoms with Gasteiger partial charge in [-0.3, -0.25) is 19.2 Å². The van der Waals surface area contributed by atoms with Gasteiger partial charge in [-0.2, -0.15) is 5.26 Å². The zero-order valence-corrected chi connectivity index (χ0v) is 28.5. The van der Waals surface area contributed by atoms with E-state index in [4.69, 9.17) is 0 Å². The van der Waals surface area contributed by atoms with E-state index in [-0.39, 0.29) is 37.3 Å². The molecule has 0 heterocycles. The number of likely N-dealkylation sites (N-methyl/N-ethyl adjacent to an activating group) is 1. The van der Waals surface area contributed by atoms with Crippen LogP contribution in [0.1, 0.15) is 49.4 Å². The third-order valence-corrected chi connectivity index (χ3v) is 7.72. The van der Waals surface area contributed by atoms with Crippen molar-refractivity contribution in [3.05, 3.63) is 113 Å². The van der Waals surface area contributed by atoms with Crippen LogP contribution in [0, 0.1) is 30.0 Å². The van der Waals surface area contributed by atoms with Gasteiger partial charge in [-0.15, -0.1) is 0 Å². The minimum absolute atomic E-state index is 0.00525. The molecule has 0 saturated heterocycles. The molecule has 0 bridgehead atoms. The topological polar surface area (TPSA) is 152 Å². The molecule has 0 radical (unpaired) electrons. The third kappa shape index (κ3) is 12.0. The second-order valence-corrected chi connectivity index (χ2v) is 12.4. The lowest BCUT2D eigenvalue weighted by Crippen LogP contribution is -2.57. The van der Waals surface area contributed by atoms with Crippen LogP contribution in [0.4, 0.5) is 10.1 Å². The number of amides is 4. The number of aliphatic hydroxyl groups excluding tert-OH is 1. The van der Waals surface area contributed by atoms with Crippen LogP contribution in [0.25, 0.3) is 0 Å². The van der Waals surface area contributed by atoms with Crippen molar-refractivity contribution in [2.45, 2.75) is 71.7 Å². The Kier molecular flexibility index (Phi) is 14.2. The summed E-state index contributed by atoms with van der Waals surface area (Å²) in [5.74, 6) is -2.73. The normalized spacial score (nSPS) is 13.1. The Morgan fingerprint density at radius 3 is 2.22 bits per heavy atom. The van der Waals surface area contributed by atoms with Gasteiger partial charge in [0.05, 0.1) is 6.10 Å². The molecule has 3 aromatic carbocycles. The molecule has 3 aromatic rings. The standard InChI is InChI=1S/C38H44FN5O5/c1-24(2)18-30(22-40)38(49)44(5)32-11-7-9-29(20-32)21-33(36(47)41-23-28-14-12-25(3)13-15-28)42-37(48)35(26(4)45)43-34(46)17-16-27-8-6-10-31(39)19-27/h6-15,18-20,24,26,33,35,45H,16-17,21,23H2,1-5H3,(H,41,47)(H,42,48)(H,43,46)/t26-,33+,35+/m1/s1. The zero-order chi connectivity index (χ0) is 36.1. The maximum Gasteiger partial charge on any atom is 0.268 e. The summed E-state index contributed by atoms with van der Waals surface area (Å²) >= 11 is 0. The summed E-state index contributed by atoms with van der Waals surface area (Å²) in [6.45, 7) is 7.23. The van der Waals surface area contributed by atoms with Gasteiger partial charge in [-0.1, -0.05) is 74.0 Å². The molecule has 49 heavy (non-hydrogen) atoms. The Balaban J connectivity index is 1.81. The second kappa shape index (κ2) is 18.3. The minimum atomic E-state index is -1.38. The fourth-order valence-corrected chi connectivity index (χ4v) is 5.01. The van der Waals surface area contributed by atoms with Crippen LogP contribution < -0.4 is 20.9 Å². The first kappa shape index (κ1) is 38.1. The zero-order valence-electron chi connectivity index (χ0n) is 28.5. The summed E-state index contributed by atoms with van der Waals surface area (Å²) in [7, 11) is 1.55.